The van der Waals surface area contributed by atoms with Crippen molar-refractivity contribution < 1.29 is 17.4 Å². The van der Waals surface area contributed by atoms with E-state index in [1.54, 1.807) is 36.4 Å². The van der Waals surface area contributed by atoms with Crippen LogP contribution in [0, 0.1) is 11.3 Å². The fraction of sp³-hybridized carbons (Fsp3) is 0. The van der Waals surface area contributed by atoms with Gasteiger partial charge >= 0.3 is 10.1 Å². The van der Waals surface area contributed by atoms with Crippen LogP contribution in [0.1, 0.15) is 21.5 Å². The van der Waals surface area contributed by atoms with Gasteiger partial charge in [-0.2, -0.15) is 18.8 Å². The van der Waals surface area contributed by atoms with Crippen LogP contribution in [0.2, 0.25) is 0 Å². The molecule has 0 heterocycles. The molecule has 0 aliphatic rings. The first kappa shape index (κ1) is 19.8. The molecule has 0 fully saturated rings. The van der Waals surface area contributed by atoms with E-state index in [1.165, 1.54) is 48.7 Å². The molecule has 29 heavy (non-hydrogen) atoms. The summed E-state index contributed by atoms with van der Waals surface area (Å²) in [4.78, 5) is 12.1. The third-order valence-corrected chi connectivity index (χ3v) is 5.04. The van der Waals surface area contributed by atoms with Gasteiger partial charge in [-0.1, -0.05) is 30.3 Å². The zero-order valence-corrected chi connectivity index (χ0v) is 15.8. The second kappa shape index (κ2) is 8.82. The predicted molar refractivity (Wildman–Crippen MR) is 107 cm³/mol. The summed E-state index contributed by atoms with van der Waals surface area (Å²) in [6, 6.07) is 22.2. The summed E-state index contributed by atoms with van der Waals surface area (Å²) >= 11 is 0. The summed E-state index contributed by atoms with van der Waals surface area (Å²) in [5.74, 6) is -0.395. The van der Waals surface area contributed by atoms with Gasteiger partial charge in [0.25, 0.3) is 5.91 Å². The average molecular weight is 405 g/mol. The number of benzene rings is 3. The van der Waals surface area contributed by atoms with Gasteiger partial charge in [-0.15, -0.1) is 0 Å². The normalized spacial score (nSPS) is 11.0. The standard InChI is InChI=1S/C21H15N3O4S/c22-14-16-10-12-17(13-11-16)21(25)24-23-15-18-6-4-5-9-20(18)28-29(26,27)19-7-2-1-3-8-19/h1-13,15H,(H,24,25)/b23-15-. The summed E-state index contributed by atoms with van der Waals surface area (Å²) in [5, 5.41) is 12.6. The van der Waals surface area contributed by atoms with Gasteiger partial charge in [-0.05, 0) is 48.5 Å². The zero-order chi connectivity index (χ0) is 20.7. The highest BCUT2D eigenvalue weighted by Crippen LogP contribution is 2.21. The molecular formula is C21H15N3O4S. The number of amides is 1. The monoisotopic (exact) mass is 405 g/mol. The minimum absolute atomic E-state index is 0.0286. The maximum atomic E-state index is 12.4. The van der Waals surface area contributed by atoms with Crippen LogP contribution in [0.5, 0.6) is 5.75 Å². The van der Waals surface area contributed by atoms with Crippen molar-refractivity contribution in [3.8, 4) is 11.8 Å². The molecule has 0 saturated carbocycles. The van der Waals surface area contributed by atoms with Gasteiger partial charge in [0.2, 0.25) is 0 Å². The number of hydrogen-bond acceptors (Lipinski definition) is 6. The Morgan fingerprint density at radius 2 is 1.62 bits per heavy atom. The molecule has 1 amide bonds. The summed E-state index contributed by atoms with van der Waals surface area (Å²) in [6.07, 6.45) is 1.29. The predicted octanol–water partition coefficient (Wildman–Crippen LogP) is 3.09. The van der Waals surface area contributed by atoms with E-state index < -0.39 is 16.0 Å². The van der Waals surface area contributed by atoms with Crippen molar-refractivity contribution in [1.82, 2.24) is 5.43 Å². The molecule has 0 atom stereocenters. The molecule has 0 bridgehead atoms. The van der Waals surface area contributed by atoms with Crippen LogP contribution >= 0.6 is 0 Å². The van der Waals surface area contributed by atoms with E-state index in [2.05, 4.69) is 10.5 Å². The van der Waals surface area contributed by atoms with Crippen LogP contribution in [0.25, 0.3) is 0 Å². The van der Waals surface area contributed by atoms with Crippen LogP contribution in [-0.4, -0.2) is 20.5 Å². The first-order valence-corrected chi connectivity index (χ1v) is 9.82. The first-order chi connectivity index (χ1) is 14.0. The fourth-order valence-corrected chi connectivity index (χ4v) is 3.31. The molecule has 8 heteroatoms. The minimum Gasteiger partial charge on any atom is -0.378 e. The van der Waals surface area contributed by atoms with Crippen LogP contribution in [0.15, 0.2) is 88.9 Å². The number of carbonyl (C=O) groups is 1. The second-order valence-electron chi connectivity index (χ2n) is 5.78. The van der Waals surface area contributed by atoms with Crippen molar-refractivity contribution in [1.29, 1.82) is 5.26 Å². The van der Waals surface area contributed by atoms with Crippen molar-refractivity contribution in [2.75, 3.05) is 0 Å². The van der Waals surface area contributed by atoms with Crippen molar-refractivity contribution in [2.24, 2.45) is 5.10 Å². The molecular weight excluding hydrogens is 390 g/mol. The minimum atomic E-state index is -4.00. The van der Waals surface area contributed by atoms with Crippen molar-refractivity contribution in [3.63, 3.8) is 0 Å². The SMILES string of the molecule is N#Cc1ccc(C(=O)N/N=C\c2ccccc2OS(=O)(=O)c2ccccc2)cc1. The van der Waals surface area contributed by atoms with E-state index in [-0.39, 0.29) is 10.6 Å². The second-order valence-corrected chi connectivity index (χ2v) is 7.32. The Labute approximate surface area is 168 Å². The van der Waals surface area contributed by atoms with Crippen LogP contribution in [-0.2, 0) is 10.1 Å². The number of hydrogen-bond donors (Lipinski definition) is 1. The van der Waals surface area contributed by atoms with Gasteiger partial charge in [0.05, 0.1) is 17.8 Å². The number of para-hydroxylation sites is 1. The average Bonchev–Trinajstić information content (AvgIpc) is 2.75. The first-order valence-electron chi connectivity index (χ1n) is 8.42. The number of carbonyl (C=O) groups excluding carboxylic acids is 1. The van der Waals surface area contributed by atoms with Gasteiger partial charge in [-0.25, -0.2) is 5.43 Å². The lowest BCUT2D eigenvalue weighted by Crippen LogP contribution is -2.17. The molecule has 0 radical (unpaired) electrons. The Balaban J connectivity index is 1.73. The number of nitrogens with zero attached hydrogens (tertiary/aromatic N) is 2. The Morgan fingerprint density at radius 3 is 2.31 bits per heavy atom. The van der Waals surface area contributed by atoms with E-state index in [9.17, 15) is 13.2 Å². The highest BCUT2D eigenvalue weighted by molar-refractivity contribution is 7.87. The van der Waals surface area contributed by atoms with Crippen molar-refractivity contribution >= 4 is 22.2 Å². The van der Waals surface area contributed by atoms with E-state index in [0.29, 0.717) is 16.7 Å². The smallest absolute Gasteiger partial charge is 0.339 e. The van der Waals surface area contributed by atoms with E-state index in [0.717, 1.165) is 0 Å². The maximum Gasteiger partial charge on any atom is 0.339 e. The third kappa shape index (κ3) is 5.06. The van der Waals surface area contributed by atoms with Crippen LogP contribution in [0.3, 0.4) is 0 Å². The summed E-state index contributed by atoms with van der Waals surface area (Å²) in [6.45, 7) is 0. The molecule has 7 nitrogen and oxygen atoms in total. The number of hydrazone groups is 1. The summed E-state index contributed by atoms with van der Waals surface area (Å²) in [7, 11) is -4.00. The quantitative estimate of drug-likeness (QED) is 0.385. The van der Waals surface area contributed by atoms with Crippen molar-refractivity contribution in [2.45, 2.75) is 4.90 Å². The lowest BCUT2D eigenvalue weighted by molar-refractivity contribution is 0.0955. The Kier molecular flexibility index (Phi) is 6.02. The number of rotatable bonds is 6. The van der Waals surface area contributed by atoms with Gasteiger partial charge in [-0.3, -0.25) is 4.79 Å². The lowest BCUT2D eigenvalue weighted by atomic mass is 10.1. The molecule has 0 unspecified atom stereocenters. The molecule has 0 aliphatic carbocycles. The van der Waals surface area contributed by atoms with E-state index in [4.69, 9.17) is 9.44 Å². The molecule has 0 aromatic heterocycles. The highest BCUT2D eigenvalue weighted by Gasteiger charge is 2.17. The van der Waals surface area contributed by atoms with Gasteiger partial charge in [0.15, 0.2) is 5.75 Å². The summed E-state index contributed by atoms with van der Waals surface area (Å²) < 4.78 is 30.1. The van der Waals surface area contributed by atoms with Gasteiger partial charge < -0.3 is 4.18 Å². The van der Waals surface area contributed by atoms with E-state index in [1.807, 2.05) is 6.07 Å². The molecule has 3 rings (SSSR count). The number of nitrogens with one attached hydrogen (secondary N) is 1. The Hall–Kier alpha value is -3.96. The van der Waals surface area contributed by atoms with Gasteiger partial charge in [0.1, 0.15) is 4.90 Å². The van der Waals surface area contributed by atoms with Crippen molar-refractivity contribution in [3.05, 3.63) is 95.6 Å². The lowest BCUT2D eigenvalue weighted by Gasteiger charge is -2.09. The Morgan fingerprint density at radius 1 is 0.966 bits per heavy atom. The highest BCUT2D eigenvalue weighted by atomic mass is 32.2. The molecule has 144 valence electrons. The molecule has 3 aromatic carbocycles. The molecule has 3 aromatic rings. The zero-order valence-electron chi connectivity index (χ0n) is 15.0. The number of nitriles is 1. The molecule has 1 N–H and O–H groups in total. The molecule has 0 aliphatic heterocycles. The summed E-state index contributed by atoms with van der Waals surface area (Å²) in [5.41, 5.74) is 3.49. The van der Waals surface area contributed by atoms with Gasteiger partial charge in [0, 0.05) is 11.1 Å². The Bertz CT molecular complexity index is 1180. The topological polar surface area (TPSA) is 109 Å². The fourth-order valence-electron chi connectivity index (χ4n) is 2.34. The maximum absolute atomic E-state index is 12.4. The van der Waals surface area contributed by atoms with E-state index >= 15 is 0 Å². The van der Waals surface area contributed by atoms with Crippen LogP contribution < -0.4 is 9.61 Å². The molecule has 0 saturated heterocycles. The molecule has 0 spiro atoms. The third-order valence-electron chi connectivity index (χ3n) is 3.80. The largest absolute Gasteiger partial charge is 0.378 e. The van der Waals surface area contributed by atoms with Crippen LogP contribution in [0.4, 0.5) is 0 Å².